The van der Waals surface area contributed by atoms with E-state index >= 15 is 0 Å². The number of hydrogen-bond acceptors (Lipinski definition) is 12. The predicted octanol–water partition coefficient (Wildman–Crippen LogP) is -2.15. The van der Waals surface area contributed by atoms with Crippen LogP contribution in [0.3, 0.4) is 0 Å². The average molecular weight is 813 g/mol. The molecule has 0 aromatic heterocycles. The van der Waals surface area contributed by atoms with E-state index in [1.807, 2.05) is 12.2 Å². The lowest BCUT2D eigenvalue weighted by molar-refractivity contribution is -0.148. The number of rotatable bonds is 0. The highest BCUT2D eigenvalue weighted by Crippen LogP contribution is 2.64. The van der Waals surface area contributed by atoms with Crippen molar-refractivity contribution < 1.29 is 57.5 Å². The Morgan fingerprint density at radius 1 is 0.288 bits per heavy atom. The van der Waals surface area contributed by atoms with Crippen molar-refractivity contribution in [3.05, 3.63) is 12.2 Å². The number of carbonyl (C=O) groups excluding carboxylic acids is 12. The third kappa shape index (κ3) is 4.31. The van der Waals surface area contributed by atoms with Gasteiger partial charge in [0.05, 0.1) is 71.0 Å². The number of imide groups is 6. The fourth-order valence-electron chi connectivity index (χ4n) is 14.5. The number of carbonyl (C=O) groups is 12. The Balaban J connectivity index is 0.000000107. The molecule has 18 nitrogen and oxygen atoms in total. The largest absolute Gasteiger partial charge is 0.285 e. The van der Waals surface area contributed by atoms with Gasteiger partial charge in [-0.2, -0.15) is 0 Å². The third-order valence-corrected chi connectivity index (χ3v) is 17.0. The zero-order valence-corrected chi connectivity index (χ0v) is 33.3. The molecule has 59 heavy (non-hydrogen) atoms. The normalized spacial score (nSPS) is 46.4. The lowest BCUT2D eigenvalue weighted by Gasteiger charge is -2.48. The van der Waals surface area contributed by atoms with Crippen molar-refractivity contribution in [2.24, 2.45) is 107 Å². The summed E-state index contributed by atoms with van der Waals surface area (Å²) in [6, 6.07) is 0. The molecule has 0 spiro atoms. The molecule has 6 saturated carbocycles. The van der Waals surface area contributed by atoms with Crippen LogP contribution in [0, 0.1) is 107 Å². The lowest BCUT2D eigenvalue weighted by Crippen LogP contribution is -2.53. The third-order valence-electron chi connectivity index (χ3n) is 17.0. The Hall–Kier alpha value is -5.42. The second-order valence-corrected chi connectivity index (χ2v) is 18.7. The molecular weight excluding hydrogens is 768 g/mol. The van der Waals surface area contributed by atoms with Crippen molar-refractivity contribution in [3.8, 4) is 0 Å². The summed E-state index contributed by atoms with van der Waals surface area (Å²) in [6.45, 7) is 0. The minimum atomic E-state index is -0.466. The number of hydrogen-bond donors (Lipinski definition) is 0. The van der Waals surface area contributed by atoms with E-state index in [0.717, 1.165) is 22.6 Å². The topological polar surface area (TPSA) is 224 Å². The molecule has 18 heteroatoms. The first-order chi connectivity index (χ1) is 27.8. The van der Waals surface area contributed by atoms with Crippen molar-refractivity contribution >= 4 is 70.9 Å². The van der Waals surface area contributed by atoms with Gasteiger partial charge >= 0.3 is 0 Å². The number of amides is 12. The SMILES string of the molecule is CN1C(=O)C2C3C=CC(C2C1=O)C1C(=O)N(C)C(=O)C31.CN1C(=O)C2C3CC(C2C1=O)C1C(=O)N(C)C(=O)C31.CN1C(=O)C2C3CCC(C2C1=O)C1C(=O)N(C)C(=O)C31. The molecule has 12 amide bonds. The van der Waals surface area contributed by atoms with E-state index in [9.17, 15) is 57.5 Å². The molecule has 0 aromatic carbocycles. The van der Waals surface area contributed by atoms with Crippen LogP contribution in [0.2, 0.25) is 0 Å². The fraction of sp³-hybridized carbons (Fsp3) is 0.659. The van der Waals surface area contributed by atoms with Crippen LogP contribution in [-0.2, 0) is 57.5 Å². The van der Waals surface area contributed by atoms with E-state index in [1.165, 1.54) is 61.9 Å². The quantitative estimate of drug-likeness (QED) is 0.189. The summed E-state index contributed by atoms with van der Waals surface area (Å²) in [6.07, 6.45) is 5.93. The maximum atomic E-state index is 12.3. The fourth-order valence-corrected chi connectivity index (χ4v) is 14.5. The smallest absolute Gasteiger partial charge is 0.233 e. The maximum absolute atomic E-state index is 12.3. The molecular formula is C41H44N6O12. The molecule has 0 N–H and O–H groups in total. The summed E-state index contributed by atoms with van der Waals surface area (Å²) >= 11 is 0. The van der Waals surface area contributed by atoms with E-state index in [4.69, 9.17) is 0 Å². The van der Waals surface area contributed by atoms with Gasteiger partial charge in [0.25, 0.3) is 0 Å². The van der Waals surface area contributed by atoms with Crippen molar-refractivity contribution in [3.63, 3.8) is 0 Å². The summed E-state index contributed by atoms with van der Waals surface area (Å²) in [4.78, 5) is 154. The van der Waals surface area contributed by atoms with E-state index in [2.05, 4.69) is 0 Å². The summed E-state index contributed by atoms with van der Waals surface area (Å²) < 4.78 is 0. The molecule has 310 valence electrons. The van der Waals surface area contributed by atoms with Gasteiger partial charge in [-0.1, -0.05) is 12.2 Å². The van der Waals surface area contributed by atoms with Gasteiger partial charge in [0.1, 0.15) is 0 Å². The summed E-state index contributed by atoms with van der Waals surface area (Å²) in [5, 5.41) is 0. The minimum Gasteiger partial charge on any atom is -0.285 e. The van der Waals surface area contributed by atoms with Crippen LogP contribution in [0.1, 0.15) is 19.3 Å². The number of nitrogens with zero attached hydrogens (tertiary/aromatic N) is 6. The standard InChI is InChI=1S/C14H16N2O4.C14H14N2O4.C13H14N2O4/c2*1-15-11(17)7-5-3-4-6(8(7)12(15)18)10-9(5)13(19)16(2)14(10)20;1-14-10(16)6-4-3-5(7(6)11(14)17)9-8(4)12(18)15(2)13(9)19/h5-10H,3-4H2,1-2H3;3-10H,1-2H3;4-9H,3H2,1-2H3. The van der Waals surface area contributed by atoms with Gasteiger partial charge in [0.15, 0.2) is 0 Å². The molecule has 0 radical (unpaired) electrons. The van der Waals surface area contributed by atoms with Gasteiger partial charge in [-0.15, -0.1) is 0 Å². The Kier molecular flexibility index (Phi) is 7.75. The van der Waals surface area contributed by atoms with Crippen molar-refractivity contribution in [1.82, 2.24) is 29.4 Å². The molecule has 14 rings (SSSR count). The average Bonchev–Trinajstić information content (AvgIpc) is 4.10. The molecule has 12 atom stereocenters. The highest BCUT2D eigenvalue weighted by molar-refractivity contribution is 6.13. The van der Waals surface area contributed by atoms with Crippen LogP contribution in [0.4, 0.5) is 0 Å². The van der Waals surface area contributed by atoms with Gasteiger partial charge in [0.2, 0.25) is 70.9 Å². The van der Waals surface area contributed by atoms with Gasteiger partial charge in [-0.05, 0) is 42.9 Å². The number of allylic oxidation sites excluding steroid dienone is 2. The van der Waals surface area contributed by atoms with Crippen molar-refractivity contribution in [2.45, 2.75) is 19.3 Å². The summed E-state index contributed by atoms with van der Waals surface area (Å²) in [5.41, 5.74) is 0. The summed E-state index contributed by atoms with van der Waals surface area (Å²) in [7, 11) is 8.96. The Morgan fingerprint density at radius 3 is 0.661 bits per heavy atom. The van der Waals surface area contributed by atoms with Crippen LogP contribution in [0.15, 0.2) is 12.2 Å². The zero-order valence-electron chi connectivity index (χ0n) is 33.3. The number of likely N-dealkylation sites (tertiary alicyclic amines) is 6. The molecule has 6 aliphatic heterocycles. The van der Waals surface area contributed by atoms with E-state index < -0.39 is 23.7 Å². The van der Waals surface area contributed by atoms with Crippen LogP contribution in [0.5, 0.6) is 0 Å². The summed E-state index contributed by atoms with van der Waals surface area (Å²) in [5.74, 6) is -8.22. The molecule has 6 saturated heterocycles. The second kappa shape index (κ2) is 12.1. The monoisotopic (exact) mass is 812 g/mol. The Labute approximate surface area is 337 Å². The van der Waals surface area contributed by atoms with E-state index in [-0.39, 0.29) is 154 Å². The maximum Gasteiger partial charge on any atom is 0.233 e. The Bertz CT molecular complexity index is 1940. The minimum absolute atomic E-state index is 0.122. The zero-order chi connectivity index (χ0) is 42.3. The van der Waals surface area contributed by atoms with Crippen molar-refractivity contribution in [2.75, 3.05) is 42.3 Å². The first-order valence-electron chi connectivity index (χ1n) is 20.4. The lowest BCUT2D eigenvalue weighted by atomic mass is 9.51. The van der Waals surface area contributed by atoms with Gasteiger partial charge in [-0.3, -0.25) is 86.9 Å². The molecule has 8 aliphatic carbocycles. The van der Waals surface area contributed by atoms with Crippen LogP contribution in [0.25, 0.3) is 0 Å². The highest BCUT2D eigenvalue weighted by atomic mass is 16.2. The van der Waals surface area contributed by atoms with Gasteiger partial charge in [-0.25, -0.2) is 0 Å². The van der Waals surface area contributed by atoms with E-state index in [1.54, 1.807) is 0 Å². The van der Waals surface area contributed by atoms with Crippen LogP contribution >= 0.6 is 0 Å². The van der Waals surface area contributed by atoms with Crippen LogP contribution in [-0.4, -0.2) is 143 Å². The molecule has 12 unspecified atom stereocenters. The molecule has 12 fully saturated rings. The first kappa shape index (κ1) is 37.8. The highest BCUT2D eigenvalue weighted by Gasteiger charge is 2.73. The molecule has 6 heterocycles. The van der Waals surface area contributed by atoms with Gasteiger partial charge < -0.3 is 0 Å². The number of fused-ring (bicyclic) bond motifs is 9. The van der Waals surface area contributed by atoms with E-state index in [0.29, 0.717) is 6.42 Å². The molecule has 6 bridgehead atoms. The van der Waals surface area contributed by atoms with Gasteiger partial charge in [0, 0.05) is 54.1 Å². The predicted molar refractivity (Wildman–Crippen MR) is 192 cm³/mol. The second-order valence-electron chi connectivity index (χ2n) is 18.7. The molecule has 0 aromatic rings. The Morgan fingerprint density at radius 2 is 0.458 bits per heavy atom. The van der Waals surface area contributed by atoms with Crippen LogP contribution < -0.4 is 0 Å². The van der Waals surface area contributed by atoms with Crippen molar-refractivity contribution in [1.29, 1.82) is 0 Å². The first-order valence-corrected chi connectivity index (χ1v) is 20.4. The molecule has 14 aliphatic rings.